The monoisotopic (exact) mass is 466 g/mol. The lowest BCUT2D eigenvalue weighted by molar-refractivity contribution is -0.149. The molecule has 1 saturated heterocycles. The van der Waals surface area contributed by atoms with Gasteiger partial charge in [-0.1, -0.05) is 35.9 Å². The van der Waals surface area contributed by atoms with E-state index in [4.69, 9.17) is 16.3 Å². The van der Waals surface area contributed by atoms with Crippen LogP contribution in [0.1, 0.15) is 29.7 Å². The molecule has 1 aromatic carbocycles. The van der Waals surface area contributed by atoms with Gasteiger partial charge in [0.25, 0.3) is 11.5 Å². The zero-order chi connectivity index (χ0) is 23.2. The Morgan fingerprint density at radius 2 is 2.00 bits per heavy atom. The average molecular weight is 467 g/mol. The lowest BCUT2D eigenvalue weighted by Crippen LogP contribution is -2.46. The van der Waals surface area contributed by atoms with Crippen molar-refractivity contribution in [2.45, 2.75) is 31.4 Å². The Labute approximate surface area is 192 Å². The van der Waals surface area contributed by atoms with Gasteiger partial charge < -0.3 is 10.1 Å². The molecule has 33 heavy (non-hydrogen) atoms. The van der Waals surface area contributed by atoms with Gasteiger partial charge in [0.05, 0.1) is 10.7 Å². The van der Waals surface area contributed by atoms with E-state index in [9.17, 15) is 19.2 Å². The fourth-order valence-electron chi connectivity index (χ4n) is 4.48. The maximum absolute atomic E-state index is 13.3. The van der Waals surface area contributed by atoms with Crippen molar-refractivity contribution in [1.29, 1.82) is 0 Å². The number of carbonyl (C=O) groups excluding carboxylic acids is 3. The van der Waals surface area contributed by atoms with Crippen molar-refractivity contribution in [2.24, 2.45) is 0 Å². The van der Waals surface area contributed by atoms with Crippen molar-refractivity contribution < 1.29 is 19.1 Å². The van der Waals surface area contributed by atoms with Crippen molar-refractivity contribution in [2.75, 3.05) is 6.54 Å². The summed E-state index contributed by atoms with van der Waals surface area (Å²) in [7, 11) is 0. The van der Waals surface area contributed by atoms with Crippen LogP contribution in [0.4, 0.5) is 4.79 Å². The van der Waals surface area contributed by atoms with Crippen molar-refractivity contribution in [1.82, 2.24) is 19.6 Å². The predicted octanol–water partition coefficient (Wildman–Crippen LogP) is 2.17. The van der Waals surface area contributed by atoms with E-state index in [0.29, 0.717) is 17.1 Å². The number of hydrogen-bond acceptors (Lipinski definition) is 6. The van der Waals surface area contributed by atoms with E-state index in [1.54, 1.807) is 12.1 Å². The molecule has 9 nitrogen and oxygen atoms in total. The Kier molecular flexibility index (Phi) is 5.13. The van der Waals surface area contributed by atoms with Gasteiger partial charge >= 0.3 is 12.0 Å². The second kappa shape index (κ2) is 8.00. The lowest BCUT2D eigenvalue weighted by Gasteiger charge is -2.33. The summed E-state index contributed by atoms with van der Waals surface area (Å²) in [5.74, 6) is -1.24. The molecule has 5 rings (SSSR count). The number of carbonyl (C=O) groups is 3. The van der Waals surface area contributed by atoms with Crippen molar-refractivity contribution >= 4 is 35.2 Å². The molecule has 1 aliphatic carbocycles. The van der Waals surface area contributed by atoms with Crippen LogP contribution in [0.15, 0.2) is 53.5 Å². The molecule has 1 N–H and O–H groups in total. The van der Waals surface area contributed by atoms with Crippen molar-refractivity contribution in [3.63, 3.8) is 0 Å². The number of aromatic nitrogens is 2. The number of nitrogens with one attached hydrogen (secondary N) is 1. The molecular formula is C23H19ClN4O5. The number of urea groups is 1. The Morgan fingerprint density at radius 3 is 2.85 bits per heavy atom. The third kappa shape index (κ3) is 3.64. The number of nitrogens with zero attached hydrogens (tertiary/aromatic N) is 3. The van der Waals surface area contributed by atoms with Gasteiger partial charge in [-0.05, 0) is 42.5 Å². The molecule has 1 aliphatic heterocycles. The van der Waals surface area contributed by atoms with Crippen LogP contribution in [0, 0.1) is 0 Å². The van der Waals surface area contributed by atoms with Crippen LogP contribution in [-0.4, -0.2) is 38.7 Å². The number of esters is 1. The summed E-state index contributed by atoms with van der Waals surface area (Å²) in [5.41, 5.74) is 0.849. The first-order valence-corrected chi connectivity index (χ1v) is 10.8. The first kappa shape index (κ1) is 21.1. The van der Waals surface area contributed by atoms with E-state index >= 15 is 0 Å². The van der Waals surface area contributed by atoms with Crippen molar-refractivity contribution in [3.05, 3.63) is 80.9 Å². The standard InChI is InChI=1S/C23H19ClN4O5/c24-15-7-8-18-25-16(10-19(29)27(18)11-15)13-33-20(30)12-28-21(31)23(26-22(28)32)9-3-5-14-4-1-2-6-17(14)23/h1-2,4,6-8,10-11H,3,5,9,12-13H2,(H,26,32). The highest BCUT2D eigenvalue weighted by molar-refractivity contribution is 6.30. The summed E-state index contributed by atoms with van der Waals surface area (Å²) >= 11 is 5.90. The van der Waals surface area contributed by atoms with Gasteiger partial charge in [0, 0.05) is 12.3 Å². The third-order valence-corrected chi connectivity index (χ3v) is 6.22. The highest BCUT2D eigenvalue weighted by Gasteiger charge is 2.54. The summed E-state index contributed by atoms with van der Waals surface area (Å²) in [4.78, 5) is 55.7. The average Bonchev–Trinajstić information content (AvgIpc) is 3.03. The fraction of sp³-hybridized carbons (Fsp3) is 0.261. The molecule has 1 spiro atoms. The van der Waals surface area contributed by atoms with Crippen LogP contribution in [0.25, 0.3) is 5.65 Å². The van der Waals surface area contributed by atoms with Crippen LogP contribution >= 0.6 is 11.6 Å². The molecule has 0 saturated carbocycles. The first-order valence-electron chi connectivity index (χ1n) is 10.4. The molecule has 3 heterocycles. The number of hydrogen-bond donors (Lipinski definition) is 1. The molecule has 3 amide bonds. The molecule has 2 aromatic heterocycles. The van der Waals surface area contributed by atoms with Gasteiger partial charge in [-0.25, -0.2) is 9.78 Å². The van der Waals surface area contributed by atoms with Gasteiger partial charge in [0.1, 0.15) is 24.3 Å². The number of rotatable bonds is 4. The summed E-state index contributed by atoms with van der Waals surface area (Å²) in [5, 5.41) is 3.19. The molecule has 2 aliphatic rings. The largest absolute Gasteiger partial charge is 0.458 e. The third-order valence-electron chi connectivity index (χ3n) is 6.00. The van der Waals surface area contributed by atoms with Crippen LogP contribution in [0.3, 0.4) is 0 Å². The van der Waals surface area contributed by atoms with Crippen LogP contribution in [0.5, 0.6) is 0 Å². The second-order valence-corrected chi connectivity index (χ2v) is 8.50. The van der Waals surface area contributed by atoms with Gasteiger partial charge in [0.2, 0.25) is 0 Å². The highest BCUT2D eigenvalue weighted by Crippen LogP contribution is 2.39. The van der Waals surface area contributed by atoms with Gasteiger partial charge in [-0.15, -0.1) is 0 Å². The molecule has 0 radical (unpaired) electrons. The van der Waals surface area contributed by atoms with E-state index in [0.717, 1.165) is 28.9 Å². The van der Waals surface area contributed by atoms with Gasteiger partial charge in [-0.2, -0.15) is 0 Å². The van der Waals surface area contributed by atoms with Gasteiger partial charge in [0.15, 0.2) is 0 Å². The smallest absolute Gasteiger partial charge is 0.326 e. The van der Waals surface area contributed by atoms with Crippen molar-refractivity contribution in [3.8, 4) is 0 Å². The normalized spacial score (nSPS) is 19.6. The summed E-state index contributed by atoms with van der Waals surface area (Å²) in [6.45, 7) is -0.804. The molecule has 10 heteroatoms. The zero-order valence-corrected chi connectivity index (χ0v) is 18.2. The molecule has 0 bridgehead atoms. The Hall–Kier alpha value is -3.72. The number of halogens is 1. The van der Waals surface area contributed by atoms with Crippen LogP contribution in [-0.2, 0) is 32.9 Å². The minimum atomic E-state index is -1.15. The minimum absolute atomic E-state index is 0.241. The number of pyridine rings is 1. The van der Waals surface area contributed by atoms with E-state index in [-0.39, 0.29) is 17.9 Å². The Bertz CT molecular complexity index is 1370. The maximum atomic E-state index is 13.3. The highest BCUT2D eigenvalue weighted by atomic mass is 35.5. The molecule has 3 aromatic rings. The number of fused-ring (bicyclic) bond motifs is 3. The number of benzene rings is 1. The minimum Gasteiger partial charge on any atom is -0.458 e. The summed E-state index contributed by atoms with van der Waals surface area (Å²) < 4.78 is 6.49. The lowest BCUT2D eigenvalue weighted by atomic mass is 9.76. The Morgan fingerprint density at radius 1 is 1.18 bits per heavy atom. The molecule has 1 fully saturated rings. The first-order chi connectivity index (χ1) is 15.9. The molecular weight excluding hydrogens is 448 g/mol. The SMILES string of the molecule is O=C(CN1C(=O)NC2(CCCc3ccccc32)C1=O)OCc1cc(=O)n2cc(Cl)ccc2n1. The topological polar surface area (TPSA) is 110 Å². The van der Waals surface area contributed by atoms with E-state index in [2.05, 4.69) is 10.3 Å². The quantitative estimate of drug-likeness (QED) is 0.466. The Balaban J connectivity index is 1.30. The predicted molar refractivity (Wildman–Crippen MR) is 118 cm³/mol. The van der Waals surface area contributed by atoms with E-state index < -0.39 is 30.0 Å². The molecule has 1 unspecified atom stereocenters. The fourth-order valence-corrected chi connectivity index (χ4v) is 4.64. The van der Waals surface area contributed by atoms with E-state index in [1.165, 1.54) is 16.7 Å². The number of ether oxygens (including phenoxy) is 1. The zero-order valence-electron chi connectivity index (χ0n) is 17.4. The van der Waals surface area contributed by atoms with Crippen LogP contribution < -0.4 is 10.9 Å². The summed E-state index contributed by atoms with van der Waals surface area (Å²) in [6, 6.07) is 11.3. The number of aryl methyl sites for hydroxylation is 1. The second-order valence-electron chi connectivity index (χ2n) is 8.06. The van der Waals surface area contributed by atoms with Gasteiger partial charge in [-0.3, -0.25) is 23.7 Å². The van der Waals surface area contributed by atoms with E-state index in [1.807, 2.05) is 24.3 Å². The number of amides is 3. The maximum Gasteiger partial charge on any atom is 0.326 e. The van der Waals surface area contributed by atoms with Crippen LogP contribution in [0.2, 0.25) is 5.02 Å². The molecule has 168 valence electrons. The summed E-state index contributed by atoms with van der Waals surface area (Å²) in [6.07, 6.45) is 3.48. The number of imide groups is 1. The molecule has 1 atom stereocenters.